The molecule has 0 aliphatic carbocycles. The molecular formula is C38H24N4O2. The quantitative estimate of drug-likeness (QED) is 0.210. The molecule has 1 aliphatic heterocycles. The van der Waals surface area contributed by atoms with Crippen LogP contribution < -0.4 is 9.80 Å². The van der Waals surface area contributed by atoms with Crippen molar-refractivity contribution in [1.82, 2.24) is 9.97 Å². The number of rotatable bonds is 4. The number of anilines is 6. The fourth-order valence-electron chi connectivity index (χ4n) is 6.00. The minimum absolute atomic E-state index is 0.615. The van der Waals surface area contributed by atoms with Gasteiger partial charge in [-0.15, -0.1) is 0 Å². The van der Waals surface area contributed by atoms with Gasteiger partial charge >= 0.3 is 0 Å². The van der Waals surface area contributed by atoms with Crippen LogP contribution >= 0.6 is 0 Å². The van der Waals surface area contributed by atoms with Gasteiger partial charge in [0, 0.05) is 22.5 Å². The van der Waals surface area contributed by atoms with E-state index in [0.29, 0.717) is 11.8 Å². The fourth-order valence-corrected chi connectivity index (χ4v) is 6.00. The Labute approximate surface area is 253 Å². The average molecular weight is 569 g/mol. The maximum atomic E-state index is 6.03. The molecule has 0 amide bonds. The van der Waals surface area contributed by atoms with Crippen molar-refractivity contribution >= 4 is 56.3 Å². The fraction of sp³-hybridized carbons (Fsp3) is 0. The minimum atomic E-state index is 0.615. The molecule has 8 aromatic rings. The van der Waals surface area contributed by atoms with Crippen molar-refractivity contribution in [3.63, 3.8) is 0 Å². The Kier molecular flexibility index (Phi) is 5.40. The molecule has 0 unspecified atom stereocenters. The molecule has 44 heavy (non-hydrogen) atoms. The Hall–Kier alpha value is -6.14. The van der Waals surface area contributed by atoms with Gasteiger partial charge in [-0.2, -0.15) is 0 Å². The lowest BCUT2D eigenvalue weighted by molar-refractivity contribution is 0.619. The Balaban J connectivity index is 1.11. The van der Waals surface area contributed by atoms with Gasteiger partial charge in [-0.05, 0) is 97.1 Å². The molecule has 3 heterocycles. The molecule has 0 N–H and O–H groups in total. The predicted octanol–water partition coefficient (Wildman–Crippen LogP) is 10.6. The number of aromatic nitrogens is 2. The molecule has 0 bridgehead atoms. The predicted molar refractivity (Wildman–Crippen MR) is 175 cm³/mol. The molecule has 0 fully saturated rings. The molecule has 6 heteroatoms. The summed E-state index contributed by atoms with van der Waals surface area (Å²) in [5.74, 6) is 1.23. The summed E-state index contributed by atoms with van der Waals surface area (Å²) >= 11 is 0. The number of para-hydroxylation sites is 8. The van der Waals surface area contributed by atoms with Gasteiger partial charge in [0.1, 0.15) is 11.0 Å². The third-order valence-corrected chi connectivity index (χ3v) is 8.06. The van der Waals surface area contributed by atoms with Crippen LogP contribution in [0.15, 0.2) is 154 Å². The zero-order chi connectivity index (χ0) is 29.0. The van der Waals surface area contributed by atoms with Crippen molar-refractivity contribution in [3.05, 3.63) is 146 Å². The maximum absolute atomic E-state index is 6.03. The largest absolute Gasteiger partial charge is 0.436 e. The van der Waals surface area contributed by atoms with Crippen LogP contribution in [0.5, 0.6) is 0 Å². The Morgan fingerprint density at radius 2 is 0.705 bits per heavy atom. The van der Waals surface area contributed by atoms with E-state index in [1.807, 2.05) is 48.5 Å². The highest BCUT2D eigenvalue weighted by Gasteiger charge is 2.30. The van der Waals surface area contributed by atoms with Crippen LogP contribution in [-0.2, 0) is 0 Å². The number of fused-ring (bicyclic) bond motifs is 4. The van der Waals surface area contributed by atoms with Crippen LogP contribution in [0.2, 0.25) is 0 Å². The van der Waals surface area contributed by atoms with E-state index in [0.717, 1.165) is 67.5 Å². The summed E-state index contributed by atoms with van der Waals surface area (Å²) in [6.07, 6.45) is 0. The molecule has 9 rings (SSSR count). The maximum Gasteiger partial charge on any atom is 0.227 e. The Morgan fingerprint density at radius 3 is 1.07 bits per heavy atom. The molecule has 0 atom stereocenters. The molecule has 0 saturated carbocycles. The zero-order valence-corrected chi connectivity index (χ0v) is 23.5. The van der Waals surface area contributed by atoms with E-state index >= 15 is 0 Å². The van der Waals surface area contributed by atoms with E-state index in [9.17, 15) is 0 Å². The number of nitrogens with zero attached hydrogens (tertiary/aromatic N) is 4. The lowest BCUT2D eigenvalue weighted by Gasteiger charge is -2.40. The van der Waals surface area contributed by atoms with Crippen molar-refractivity contribution in [3.8, 4) is 22.9 Å². The molecular weight excluding hydrogens is 544 g/mol. The molecule has 0 saturated heterocycles. The summed E-state index contributed by atoms with van der Waals surface area (Å²) in [7, 11) is 0. The number of hydrogen-bond acceptors (Lipinski definition) is 6. The van der Waals surface area contributed by atoms with Gasteiger partial charge in [-0.1, -0.05) is 48.5 Å². The highest BCUT2D eigenvalue weighted by atomic mass is 16.4. The van der Waals surface area contributed by atoms with Crippen LogP contribution in [0.25, 0.3) is 45.1 Å². The SMILES string of the molecule is c1ccc2c(c1)N(c1ccc(-c3nc4ccccc4o3)cc1)c1ccccc1N2c1ccc(-c2nc3ccccc3o2)cc1. The second-order valence-electron chi connectivity index (χ2n) is 10.7. The van der Waals surface area contributed by atoms with Gasteiger partial charge < -0.3 is 18.6 Å². The molecule has 0 radical (unpaired) electrons. The number of oxazole rings is 2. The lowest BCUT2D eigenvalue weighted by atomic mass is 10.0. The van der Waals surface area contributed by atoms with Gasteiger partial charge in [0.25, 0.3) is 0 Å². The standard InChI is InChI=1S/C38H24N4O2/c1-7-15-35-29(9-1)39-37(43-35)25-17-21-27(22-18-25)41-31-11-3-5-13-33(31)42(34-14-6-4-12-32(34)41)28-23-19-26(20-24-28)38-40-30-10-2-8-16-36(30)44-38/h1-24H. The van der Waals surface area contributed by atoms with Gasteiger partial charge in [-0.3, -0.25) is 0 Å². The molecule has 6 nitrogen and oxygen atoms in total. The van der Waals surface area contributed by atoms with Crippen molar-refractivity contribution < 1.29 is 8.83 Å². The van der Waals surface area contributed by atoms with Gasteiger partial charge in [0.2, 0.25) is 11.8 Å². The second-order valence-corrected chi connectivity index (χ2v) is 10.7. The van der Waals surface area contributed by atoms with E-state index in [2.05, 4.69) is 117 Å². The highest BCUT2D eigenvalue weighted by Crippen LogP contribution is 2.54. The third kappa shape index (κ3) is 3.89. The summed E-state index contributed by atoms with van der Waals surface area (Å²) in [5, 5.41) is 0. The van der Waals surface area contributed by atoms with Crippen LogP contribution in [0.4, 0.5) is 34.1 Å². The first-order valence-corrected chi connectivity index (χ1v) is 14.5. The number of benzene rings is 6. The summed E-state index contributed by atoms with van der Waals surface area (Å²) in [5.41, 5.74) is 11.6. The summed E-state index contributed by atoms with van der Waals surface area (Å²) in [4.78, 5) is 14.0. The van der Waals surface area contributed by atoms with Crippen molar-refractivity contribution in [2.45, 2.75) is 0 Å². The van der Waals surface area contributed by atoms with E-state index in [1.165, 1.54) is 0 Å². The Morgan fingerprint density at radius 1 is 0.364 bits per heavy atom. The highest BCUT2D eigenvalue weighted by molar-refractivity contribution is 6.01. The first-order chi connectivity index (χ1) is 21.8. The molecule has 6 aromatic carbocycles. The smallest absolute Gasteiger partial charge is 0.227 e. The molecule has 1 aliphatic rings. The molecule has 208 valence electrons. The van der Waals surface area contributed by atoms with E-state index in [1.54, 1.807) is 0 Å². The van der Waals surface area contributed by atoms with Crippen LogP contribution in [-0.4, -0.2) is 9.97 Å². The zero-order valence-electron chi connectivity index (χ0n) is 23.5. The van der Waals surface area contributed by atoms with Crippen LogP contribution in [0, 0.1) is 0 Å². The summed E-state index contributed by atoms with van der Waals surface area (Å²) in [6, 6.07) is 49.5. The van der Waals surface area contributed by atoms with E-state index in [4.69, 9.17) is 8.83 Å². The van der Waals surface area contributed by atoms with Gasteiger partial charge in [0.15, 0.2) is 11.2 Å². The van der Waals surface area contributed by atoms with Crippen molar-refractivity contribution in [2.75, 3.05) is 9.80 Å². The topological polar surface area (TPSA) is 58.5 Å². The monoisotopic (exact) mass is 568 g/mol. The third-order valence-electron chi connectivity index (χ3n) is 8.06. The first-order valence-electron chi connectivity index (χ1n) is 14.5. The van der Waals surface area contributed by atoms with E-state index < -0.39 is 0 Å². The average Bonchev–Trinajstić information content (AvgIpc) is 3.72. The Bertz CT molecular complexity index is 2020. The van der Waals surface area contributed by atoms with Gasteiger partial charge in [0.05, 0.1) is 22.7 Å². The molecule has 0 spiro atoms. The van der Waals surface area contributed by atoms with Gasteiger partial charge in [-0.25, -0.2) is 9.97 Å². The van der Waals surface area contributed by atoms with Crippen molar-refractivity contribution in [2.24, 2.45) is 0 Å². The lowest BCUT2D eigenvalue weighted by Crippen LogP contribution is -2.23. The molecule has 2 aromatic heterocycles. The van der Waals surface area contributed by atoms with Crippen LogP contribution in [0.1, 0.15) is 0 Å². The summed E-state index contributed by atoms with van der Waals surface area (Å²) in [6.45, 7) is 0. The van der Waals surface area contributed by atoms with E-state index in [-0.39, 0.29) is 0 Å². The van der Waals surface area contributed by atoms with Crippen LogP contribution in [0.3, 0.4) is 0 Å². The first kappa shape index (κ1) is 24.5. The minimum Gasteiger partial charge on any atom is -0.436 e. The second kappa shape index (κ2) is 9.71. The van der Waals surface area contributed by atoms with Crippen molar-refractivity contribution in [1.29, 1.82) is 0 Å². The summed E-state index contributed by atoms with van der Waals surface area (Å²) < 4.78 is 12.1. The normalized spacial score (nSPS) is 12.5. The number of hydrogen-bond donors (Lipinski definition) is 0.